The van der Waals surface area contributed by atoms with E-state index in [0.717, 1.165) is 0 Å². The zero-order valence-corrected chi connectivity index (χ0v) is 10.5. The van der Waals surface area contributed by atoms with Crippen LogP contribution >= 0.6 is 0 Å². The number of aliphatic hydroxyl groups excluding tert-OH is 1. The first-order chi connectivity index (χ1) is 9.04. The first-order valence-corrected chi connectivity index (χ1v) is 5.96. The molecule has 0 atom stereocenters. The molecular formula is C13H15F3N2O. The van der Waals surface area contributed by atoms with Crippen molar-refractivity contribution >= 4 is 10.9 Å². The molecule has 19 heavy (non-hydrogen) atoms. The maximum Gasteiger partial charge on any atom is 0.168 e. The third-order valence-electron chi connectivity index (χ3n) is 3.09. The van der Waals surface area contributed by atoms with Crippen LogP contribution in [0.25, 0.3) is 10.9 Å². The molecule has 2 rings (SSSR count). The van der Waals surface area contributed by atoms with Crippen LogP contribution in [0.15, 0.2) is 18.3 Å². The fourth-order valence-corrected chi connectivity index (χ4v) is 2.03. The second-order valence-corrected chi connectivity index (χ2v) is 4.45. The fourth-order valence-electron chi connectivity index (χ4n) is 2.03. The van der Waals surface area contributed by atoms with E-state index in [2.05, 4.69) is 0 Å². The van der Waals surface area contributed by atoms with Crippen molar-refractivity contribution in [3.8, 4) is 0 Å². The number of benzene rings is 1. The van der Waals surface area contributed by atoms with Gasteiger partial charge in [-0.25, -0.2) is 13.2 Å². The standard InChI is InChI=1S/C13H15F3N2O/c1-17(6-7-19)4-5-18-3-2-9-12(16)10(14)8-11(15)13(9)18/h2-3,8,19H,4-7H2,1H3. The second-order valence-electron chi connectivity index (χ2n) is 4.45. The minimum absolute atomic E-state index is 0.0388. The first-order valence-electron chi connectivity index (χ1n) is 5.96. The predicted octanol–water partition coefficient (Wildman–Crippen LogP) is 1.98. The SMILES string of the molecule is CN(CCO)CCn1ccc2c(F)c(F)cc(F)c21. The largest absolute Gasteiger partial charge is 0.395 e. The minimum atomic E-state index is -1.18. The van der Waals surface area contributed by atoms with Crippen LogP contribution in [-0.4, -0.2) is 41.3 Å². The van der Waals surface area contributed by atoms with Crippen LogP contribution in [-0.2, 0) is 6.54 Å². The Morgan fingerprint density at radius 3 is 2.63 bits per heavy atom. The summed E-state index contributed by atoms with van der Waals surface area (Å²) in [6, 6.07) is 1.93. The maximum absolute atomic E-state index is 13.7. The molecule has 0 radical (unpaired) electrons. The van der Waals surface area contributed by atoms with E-state index in [4.69, 9.17) is 5.11 Å². The van der Waals surface area contributed by atoms with E-state index < -0.39 is 17.5 Å². The molecule has 0 saturated carbocycles. The normalized spacial score (nSPS) is 11.7. The van der Waals surface area contributed by atoms with Gasteiger partial charge in [0.05, 0.1) is 12.1 Å². The van der Waals surface area contributed by atoms with Gasteiger partial charge >= 0.3 is 0 Å². The van der Waals surface area contributed by atoms with Gasteiger partial charge in [-0.2, -0.15) is 0 Å². The van der Waals surface area contributed by atoms with E-state index in [1.54, 1.807) is 4.57 Å². The van der Waals surface area contributed by atoms with Gasteiger partial charge < -0.3 is 14.6 Å². The summed E-state index contributed by atoms with van der Waals surface area (Å²) in [5, 5.41) is 8.72. The average molecular weight is 272 g/mol. The number of nitrogens with zero attached hydrogens (tertiary/aromatic N) is 2. The van der Waals surface area contributed by atoms with Crippen molar-refractivity contribution in [3.05, 3.63) is 35.8 Å². The Morgan fingerprint density at radius 2 is 1.95 bits per heavy atom. The molecule has 6 heteroatoms. The summed E-state index contributed by atoms with van der Waals surface area (Å²) in [7, 11) is 1.82. The van der Waals surface area contributed by atoms with Crippen LogP contribution in [0.2, 0.25) is 0 Å². The van der Waals surface area contributed by atoms with Crippen LogP contribution < -0.4 is 0 Å². The maximum atomic E-state index is 13.7. The summed E-state index contributed by atoms with van der Waals surface area (Å²) >= 11 is 0. The Kier molecular flexibility index (Phi) is 4.11. The van der Waals surface area contributed by atoms with Gasteiger partial charge in [-0.1, -0.05) is 0 Å². The van der Waals surface area contributed by atoms with Gasteiger partial charge in [0.2, 0.25) is 0 Å². The molecule has 0 aliphatic carbocycles. The Hall–Kier alpha value is -1.53. The van der Waals surface area contributed by atoms with E-state index in [9.17, 15) is 13.2 Å². The molecule has 1 aromatic heterocycles. The monoisotopic (exact) mass is 272 g/mol. The van der Waals surface area contributed by atoms with E-state index in [-0.39, 0.29) is 17.5 Å². The van der Waals surface area contributed by atoms with Crippen molar-refractivity contribution in [2.24, 2.45) is 0 Å². The molecule has 3 nitrogen and oxygen atoms in total. The molecule has 0 saturated heterocycles. The van der Waals surface area contributed by atoms with Gasteiger partial charge in [0.1, 0.15) is 0 Å². The van der Waals surface area contributed by atoms with Gasteiger partial charge in [-0.3, -0.25) is 0 Å². The molecule has 1 N–H and O–H groups in total. The molecule has 2 aromatic rings. The molecule has 0 unspecified atom stereocenters. The van der Waals surface area contributed by atoms with Crippen molar-refractivity contribution in [1.29, 1.82) is 0 Å². The Morgan fingerprint density at radius 1 is 1.21 bits per heavy atom. The number of likely N-dealkylation sites (N-methyl/N-ethyl adjacent to an activating group) is 1. The molecule has 0 fully saturated rings. The highest BCUT2D eigenvalue weighted by molar-refractivity contribution is 5.81. The highest BCUT2D eigenvalue weighted by Gasteiger charge is 2.15. The van der Waals surface area contributed by atoms with Gasteiger partial charge in [0, 0.05) is 37.3 Å². The Balaban J connectivity index is 2.28. The van der Waals surface area contributed by atoms with Crippen molar-refractivity contribution in [3.63, 3.8) is 0 Å². The van der Waals surface area contributed by atoms with Crippen LogP contribution in [0, 0.1) is 17.5 Å². The van der Waals surface area contributed by atoms with E-state index >= 15 is 0 Å². The van der Waals surface area contributed by atoms with Crippen molar-refractivity contribution in [2.75, 3.05) is 26.7 Å². The number of rotatable bonds is 5. The van der Waals surface area contributed by atoms with Crippen LogP contribution in [0.1, 0.15) is 0 Å². The average Bonchev–Trinajstić information content (AvgIpc) is 2.78. The summed E-state index contributed by atoms with van der Waals surface area (Å²) in [5.74, 6) is -2.98. The second kappa shape index (κ2) is 5.63. The number of aliphatic hydroxyl groups is 1. The summed E-state index contributed by atoms with van der Waals surface area (Å²) in [5.41, 5.74) is 0.0660. The molecular weight excluding hydrogens is 257 g/mol. The van der Waals surface area contributed by atoms with Crippen LogP contribution in [0.4, 0.5) is 13.2 Å². The van der Waals surface area contributed by atoms with Crippen molar-refractivity contribution in [2.45, 2.75) is 6.54 Å². The number of aromatic nitrogens is 1. The molecule has 0 bridgehead atoms. The predicted molar refractivity (Wildman–Crippen MR) is 66.4 cm³/mol. The summed E-state index contributed by atoms with van der Waals surface area (Å²) in [6.07, 6.45) is 1.53. The smallest absolute Gasteiger partial charge is 0.168 e. The third kappa shape index (κ3) is 2.74. The fraction of sp³-hybridized carbons (Fsp3) is 0.385. The number of hydrogen-bond donors (Lipinski definition) is 1. The zero-order valence-electron chi connectivity index (χ0n) is 10.5. The first kappa shape index (κ1) is 13.9. The topological polar surface area (TPSA) is 28.4 Å². The number of fused-ring (bicyclic) bond motifs is 1. The molecule has 0 amide bonds. The van der Waals surface area contributed by atoms with Gasteiger partial charge in [-0.15, -0.1) is 0 Å². The third-order valence-corrected chi connectivity index (χ3v) is 3.09. The van der Waals surface area contributed by atoms with Gasteiger partial charge in [-0.05, 0) is 13.1 Å². The molecule has 1 heterocycles. The Bertz CT molecular complexity index is 583. The lowest BCUT2D eigenvalue weighted by atomic mass is 10.2. The Labute approximate surface area is 108 Å². The summed E-state index contributed by atoms with van der Waals surface area (Å²) < 4.78 is 41.8. The molecule has 0 spiro atoms. The highest BCUT2D eigenvalue weighted by Crippen LogP contribution is 2.24. The zero-order chi connectivity index (χ0) is 14.0. The van der Waals surface area contributed by atoms with E-state index in [1.807, 2.05) is 11.9 Å². The summed E-state index contributed by atoms with van der Waals surface area (Å²) in [4.78, 5) is 1.86. The molecule has 0 aliphatic heterocycles. The van der Waals surface area contributed by atoms with Crippen LogP contribution in [0.5, 0.6) is 0 Å². The molecule has 104 valence electrons. The lowest BCUT2D eigenvalue weighted by Gasteiger charge is -2.16. The molecule has 1 aromatic carbocycles. The van der Waals surface area contributed by atoms with Gasteiger partial charge in [0.25, 0.3) is 0 Å². The highest BCUT2D eigenvalue weighted by atomic mass is 19.2. The van der Waals surface area contributed by atoms with Crippen LogP contribution in [0.3, 0.4) is 0 Å². The van der Waals surface area contributed by atoms with E-state index in [1.165, 1.54) is 12.3 Å². The minimum Gasteiger partial charge on any atom is -0.395 e. The van der Waals surface area contributed by atoms with Crippen molar-refractivity contribution < 1.29 is 18.3 Å². The quantitative estimate of drug-likeness (QED) is 0.843. The lowest BCUT2D eigenvalue weighted by molar-refractivity contribution is 0.217. The van der Waals surface area contributed by atoms with E-state index in [0.29, 0.717) is 25.7 Å². The van der Waals surface area contributed by atoms with Gasteiger partial charge in [0.15, 0.2) is 17.5 Å². The summed E-state index contributed by atoms with van der Waals surface area (Å²) in [6.45, 7) is 1.55. The molecule has 0 aliphatic rings. The van der Waals surface area contributed by atoms with Crippen molar-refractivity contribution in [1.82, 2.24) is 9.47 Å². The number of halogens is 3. The number of hydrogen-bond acceptors (Lipinski definition) is 2. The lowest BCUT2D eigenvalue weighted by Crippen LogP contribution is -2.26.